The zero-order valence-corrected chi connectivity index (χ0v) is 10.8. The van der Waals surface area contributed by atoms with E-state index in [1.54, 1.807) is 0 Å². The number of hydrogen-bond donors (Lipinski definition) is 1. The van der Waals surface area contributed by atoms with Gasteiger partial charge in [0.15, 0.2) is 0 Å². The van der Waals surface area contributed by atoms with Crippen LogP contribution in [-0.2, 0) is 4.74 Å². The van der Waals surface area contributed by atoms with Gasteiger partial charge < -0.3 is 10.1 Å². The van der Waals surface area contributed by atoms with E-state index in [0.29, 0.717) is 0 Å². The van der Waals surface area contributed by atoms with Crippen LogP contribution in [0.25, 0.3) is 0 Å². The Morgan fingerprint density at radius 1 is 1.22 bits per heavy atom. The number of benzene rings is 1. The van der Waals surface area contributed by atoms with Gasteiger partial charge in [0.1, 0.15) is 5.82 Å². The van der Waals surface area contributed by atoms with Crippen molar-refractivity contribution in [3.8, 4) is 0 Å². The maximum Gasteiger partial charge on any atom is 0.123 e. The molecule has 18 heavy (non-hydrogen) atoms. The fourth-order valence-electron chi connectivity index (χ4n) is 3.37. The summed E-state index contributed by atoms with van der Waals surface area (Å²) < 4.78 is 19.0. The standard InChI is InChI=1S/C15H20FNO/c1-11-14(12-4-6-13(16)7-5-12)18-10-15(17-11)8-2-3-9-15/h4-7,11,14,17H,2-3,8-10H2,1H3. The predicted molar refractivity (Wildman–Crippen MR) is 68.9 cm³/mol. The van der Waals surface area contributed by atoms with Gasteiger partial charge in [-0.2, -0.15) is 0 Å². The molecule has 1 spiro atoms. The monoisotopic (exact) mass is 249 g/mol. The molecule has 1 heterocycles. The lowest BCUT2D eigenvalue weighted by atomic mass is 9.91. The molecule has 0 bridgehead atoms. The van der Waals surface area contributed by atoms with E-state index < -0.39 is 0 Å². The van der Waals surface area contributed by atoms with Gasteiger partial charge >= 0.3 is 0 Å². The van der Waals surface area contributed by atoms with Gasteiger partial charge in [-0.3, -0.25) is 0 Å². The molecule has 1 aliphatic heterocycles. The number of morpholine rings is 1. The number of nitrogens with one attached hydrogen (secondary N) is 1. The van der Waals surface area contributed by atoms with E-state index in [4.69, 9.17) is 4.74 Å². The highest BCUT2D eigenvalue weighted by Crippen LogP contribution is 2.37. The van der Waals surface area contributed by atoms with Crippen molar-refractivity contribution in [2.24, 2.45) is 0 Å². The first-order chi connectivity index (χ1) is 8.69. The second-order valence-electron chi connectivity index (χ2n) is 5.70. The normalized spacial score (nSPS) is 30.8. The summed E-state index contributed by atoms with van der Waals surface area (Å²) in [4.78, 5) is 0. The molecule has 1 aromatic carbocycles. The van der Waals surface area contributed by atoms with Crippen molar-refractivity contribution in [2.45, 2.75) is 50.3 Å². The summed E-state index contributed by atoms with van der Waals surface area (Å²) in [6, 6.07) is 6.94. The topological polar surface area (TPSA) is 21.3 Å². The molecule has 3 rings (SSSR count). The first kappa shape index (κ1) is 12.1. The summed E-state index contributed by atoms with van der Waals surface area (Å²) in [7, 11) is 0. The molecular weight excluding hydrogens is 229 g/mol. The van der Waals surface area contributed by atoms with Gasteiger partial charge in [0.25, 0.3) is 0 Å². The van der Waals surface area contributed by atoms with Crippen molar-refractivity contribution >= 4 is 0 Å². The molecule has 2 atom stereocenters. The summed E-state index contributed by atoms with van der Waals surface area (Å²) >= 11 is 0. The Balaban J connectivity index is 1.74. The molecule has 2 fully saturated rings. The fraction of sp³-hybridized carbons (Fsp3) is 0.600. The highest BCUT2D eigenvalue weighted by atomic mass is 19.1. The molecule has 0 amide bonds. The van der Waals surface area contributed by atoms with Crippen molar-refractivity contribution in [3.05, 3.63) is 35.6 Å². The lowest BCUT2D eigenvalue weighted by Gasteiger charge is -2.43. The zero-order valence-electron chi connectivity index (χ0n) is 10.8. The van der Waals surface area contributed by atoms with Gasteiger partial charge in [0, 0.05) is 11.6 Å². The molecule has 1 aliphatic carbocycles. The maximum atomic E-state index is 12.9. The second kappa shape index (κ2) is 4.63. The van der Waals surface area contributed by atoms with Gasteiger partial charge in [0.05, 0.1) is 12.7 Å². The SMILES string of the molecule is CC1NC2(CCCC2)COC1c1ccc(F)cc1. The fourth-order valence-corrected chi connectivity index (χ4v) is 3.37. The average Bonchev–Trinajstić information content (AvgIpc) is 2.79. The van der Waals surface area contributed by atoms with Crippen LogP contribution in [0.15, 0.2) is 24.3 Å². The van der Waals surface area contributed by atoms with Crippen LogP contribution in [0.4, 0.5) is 4.39 Å². The van der Waals surface area contributed by atoms with Crippen LogP contribution < -0.4 is 5.32 Å². The molecule has 98 valence electrons. The number of rotatable bonds is 1. The number of ether oxygens (including phenoxy) is 1. The lowest BCUT2D eigenvalue weighted by molar-refractivity contribution is -0.0587. The van der Waals surface area contributed by atoms with Crippen LogP contribution >= 0.6 is 0 Å². The summed E-state index contributed by atoms with van der Waals surface area (Å²) in [6.07, 6.45) is 5.06. The Bertz CT molecular complexity index is 411. The van der Waals surface area contributed by atoms with E-state index in [1.165, 1.54) is 37.8 Å². The second-order valence-corrected chi connectivity index (χ2v) is 5.70. The summed E-state index contributed by atoms with van der Waals surface area (Å²) in [5.41, 5.74) is 1.26. The minimum absolute atomic E-state index is 0.0387. The summed E-state index contributed by atoms with van der Waals surface area (Å²) in [5.74, 6) is -0.192. The molecule has 1 aromatic rings. The Labute approximate surface area is 108 Å². The van der Waals surface area contributed by atoms with Crippen LogP contribution in [-0.4, -0.2) is 18.2 Å². The minimum Gasteiger partial charge on any atom is -0.370 e. The largest absolute Gasteiger partial charge is 0.370 e. The van der Waals surface area contributed by atoms with Crippen LogP contribution in [0.2, 0.25) is 0 Å². The van der Waals surface area contributed by atoms with Gasteiger partial charge in [0.2, 0.25) is 0 Å². The third-order valence-electron chi connectivity index (χ3n) is 4.29. The highest BCUT2D eigenvalue weighted by molar-refractivity contribution is 5.21. The molecule has 1 saturated heterocycles. The molecule has 2 nitrogen and oxygen atoms in total. The maximum absolute atomic E-state index is 12.9. The predicted octanol–water partition coefficient (Wildman–Crippen LogP) is 3.19. The molecule has 0 radical (unpaired) electrons. The molecule has 2 aliphatic rings. The van der Waals surface area contributed by atoms with E-state index in [9.17, 15) is 4.39 Å². The number of halogens is 1. The first-order valence-corrected chi connectivity index (χ1v) is 6.83. The van der Waals surface area contributed by atoms with Gasteiger partial charge in [-0.25, -0.2) is 4.39 Å². The zero-order chi connectivity index (χ0) is 12.6. The lowest BCUT2D eigenvalue weighted by Crippen LogP contribution is -2.57. The van der Waals surface area contributed by atoms with Crippen molar-refractivity contribution in [1.82, 2.24) is 5.32 Å². The molecule has 1 N–H and O–H groups in total. The van der Waals surface area contributed by atoms with Crippen LogP contribution in [0.3, 0.4) is 0 Å². The molecule has 0 aromatic heterocycles. The van der Waals surface area contributed by atoms with Crippen molar-refractivity contribution in [3.63, 3.8) is 0 Å². The molecule has 1 saturated carbocycles. The average molecular weight is 249 g/mol. The van der Waals surface area contributed by atoms with Crippen molar-refractivity contribution in [1.29, 1.82) is 0 Å². The van der Waals surface area contributed by atoms with Gasteiger partial charge in [-0.1, -0.05) is 25.0 Å². The van der Waals surface area contributed by atoms with Crippen molar-refractivity contribution < 1.29 is 9.13 Å². The van der Waals surface area contributed by atoms with Gasteiger partial charge in [-0.15, -0.1) is 0 Å². The third-order valence-corrected chi connectivity index (χ3v) is 4.29. The van der Waals surface area contributed by atoms with E-state index in [-0.39, 0.29) is 23.5 Å². The van der Waals surface area contributed by atoms with Crippen LogP contribution in [0, 0.1) is 5.82 Å². The Hall–Kier alpha value is -0.930. The van der Waals surface area contributed by atoms with E-state index >= 15 is 0 Å². The smallest absolute Gasteiger partial charge is 0.123 e. The van der Waals surface area contributed by atoms with E-state index in [1.807, 2.05) is 12.1 Å². The van der Waals surface area contributed by atoms with Crippen LogP contribution in [0.1, 0.15) is 44.3 Å². The van der Waals surface area contributed by atoms with Crippen LogP contribution in [0.5, 0.6) is 0 Å². The minimum atomic E-state index is -0.192. The Morgan fingerprint density at radius 3 is 2.50 bits per heavy atom. The number of hydrogen-bond acceptors (Lipinski definition) is 2. The summed E-state index contributed by atoms with van der Waals surface area (Å²) in [6.45, 7) is 2.94. The third kappa shape index (κ3) is 2.17. The molecular formula is C15H20FNO. The first-order valence-electron chi connectivity index (χ1n) is 6.83. The quantitative estimate of drug-likeness (QED) is 0.825. The Morgan fingerprint density at radius 2 is 1.89 bits per heavy atom. The summed E-state index contributed by atoms with van der Waals surface area (Å²) in [5, 5.41) is 3.74. The Kier molecular flexibility index (Phi) is 3.12. The molecule has 3 heteroatoms. The molecule has 2 unspecified atom stereocenters. The highest BCUT2D eigenvalue weighted by Gasteiger charge is 2.41. The van der Waals surface area contributed by atoms with Gasteiger partial charge in [-0.05, 0) is 37.5 Å². The van der Waals surface area contributed by atoms with Crippen molar-refractivity contribution in [2.75, 3.05) is 6.61 Å². The van der Waals surface area contributed by atoms with E-state index in [0.717, 1.165) is 12.2 Å². The van der Waals surface area contributed by atoms with E-state index in [2.05, 4.69) is 12.2 Å².